The Labute approximate surface area is 179 Å². The van der Waals surface area contributed by atoms with E-state index in [0.717, 1.165) is 62.8 Å². The molecule has 7 heteroatoms. The molecule has 2 aromatic rings. The van der Waals surface area contributed by atoms with E-state index in [0.29, 0.717) is 23.7 Å². The van der Waals surface area contributed by atoms with Crippen molar-refractivity contribution in [3.8, 4) is 5.82 Å². The Morgan fingerprint density at radius 3 is 2.40 bits per heavy atom. The first-order chi connectivity index (χ1) is 14.4. The van der Waals surface area contributed by atoms with Crippen molar-refractivity contribution in [2.75, 3.05) is 32.7 Å². The fourth-order valence-electron chi connectivity index (χ4n) is 4.80. The van der Waals surface area contributed by atoms with E-state index in [1.54, 1.807) is 6.20 Å². The molecular formula is C23H33N5O2. The molecule has 0 saturated carbocycles. The quantitative estimate of drug-likeness (QED) is 0.774. The highest BCUT2D eigenvalue weighted by atomic mass is 16.5. The highest BCUT2D eigenvalue weighted by Gasteiger charge is 2.28. The van der Waals surface area contributed by atoms with E-state index in [1.165, 1.54) is 0 Å². The predicted molar refractivity (Wildman–Crippen MR) is 116 cm³/mol. The molecular weight excluding hydrogens is 378 g/mol. The van der Waals surface area contributed by atoms with E-state index in [-0.39, 0.29) is 5.91 Å². The van der Waals surface area contributed by atoms with Crippen LogP contribution in [-0.4, -0.2) is 75.4 Å². The van der Waals surface area contributed by atoms with Crippen molar-refractivity contribution >= 4 is 5.91 Å². The van der Waals surface area contributed by atoms with Gasteiger partial charge in [-0.1, -0.05) is 0 Å². The van der Waals surface area contributed by atoms with Gasteiger partial charge in [0.2, 0.25) is 0 Å². The summed E-state index contributed by atoms with van der Waals surface area (Å²) in [4.78, 5) is 21.9. The van der Waals surface area contributed by atoms with E-state index in [1.807, 2.05) is 41.6 Å². The van der Waals surface area contributed by atoms with Gasteiger partial charge in [-0.2, -0.15) is 5.10 Å². The first-order valence-electron chi connectivity index (χ1n) is 11.1. The minimum atomic E-state index is 0.0782. The maximum Gasteiger partial charge on any atom is 0.255 e. The fraction of sp³-hybridized carbons (Fsp3) is 0.609. The van der Waals surface area contributed by atoms with E-state index in [4.69, 9.17) is 4.74 Å². The second-order valence-corrected chi connectivity index (χ2v) is 8.96. The van der Waals surface area contributed by atoms with Gasteiger partial charge in [-0.05, 0) is 64.7 Å². The smallest absolute Gasteiger partial charge is 0.255 e. The molecule has 2 fully saturated rings. The third-order valence-electron chi connectivity index (χ3n) is 6.13. The zero-order valence-corrected chi connectivity index (χ0v) is 18.5. The number of piperidine rings is 1. The number of pyridine rings is 1. The van der Waals surface area contributed by atoms with Crippen molar-refractivity contribution < 1.29 is 9.53 Å². The van der Waals surface area contributed by atoms with Crippen molar-refractivity contribution in [3.63, 3.8) is 0 Å². The van der Waals surface area contributed by atoms with Crippen molar-refractivity contribution in [3.05, 3.63) is 41.3 Å². The average molecular weight is 412 g/mol. The lowest BCUT2D eigenvalue weighted by atomic mass is 9.95. The lowest BCUT2D eigenvalue weighted by molar-refractivity contribution is -0.0728. The van der Waals surface area contributed by atoms with Gasteiger partial charge in [0.05, 0.1) is 23.5 Å². The SMILES string of the molecule is Cc1cc(C)n(-c2ccc(C(=O)N3CCC(CN4CC(C)OC(C)C4)CC3)cn2)n1. The predicted octanol–water partition coefficient (Wildman–Crippen LogP) is 2.85. The number of carbonyl (C=O) groups is 1. The highest BCUT2D eigenvalue weighted by molar-refractivity contribution is 5.94. The van der Waals surface area contributed by atoms with Crippen molar-refractivity contribution in [1.82, 2.24) is 24.6 Å². The van der Waals surface area contributed by atoms with Crippen LogP contribution in [0.5, 0.6) is 0 Å². The molecule has 0 bridgehead atoms. The Morgan fingerprint density at radius 2 is 1.83 bits per heavy atom. The van der Waals surface area contributed by atoms with Crippen LogP contribution in [0.3, 0.4) is 0 Å². The number of morpholine rings is 1. The molecule has 2 aliphatic heterocycles. The summed E-state index contributed by atoms with van der Waals surface area (Å²) in [5.74, 6) is 1.47. The Hall–Kier alpha value is -2.25. The van der Waals surface area contributed by atoms with Crippen LogP contribution in [-0.2, 0) is 4.74 Å². The number of aryl methyl sites for hydroxylation is 2. The number of ether oxygens (including phenoxy) is 1. The third kappa shape index (κ3) is 4.73. The molecule has 4 heterocycles. The topological polar surface area (TPSA) is 63.5 Å². The van der Waals surface area contributed by atoms with Crippen LogP contribution in [0, 0.1) is 19.8 Å². The lowest BCUT2D eigenvalue weighted by Gasteiger charge is -2.39. The monoisotopic (exact) mass is 411 g/mol. The van der Waals surface area contributed by atoms with Crippen molar-refractivity contribution in [2.45, 2.75) is 52.7 Å². The summed E-state index contributed by atoms with van der Waals surface area (Å²) in [7, 11) is 0. The van der Waals surface area contributed by atoms with Crippen LogP contribution in [0.15, 0.2) is 24.4 Å². The molecule has 2 saturated heterocycles. The Kier molecular flexibility index (Phi) is 6.20. The van der Waals surface area contributed by atoms with Crippen LogP contribution in [0.25, 0.3) is 5.82 Å². The summed E-state index contributed by atoms with van der Waals surface area (Å²) in [6, 6.07) is 5.76. The summed E-state index contributed by atoms with van der Waals surface area (Å²) in [5, 5.41) is 4.46. The van der Waals surface area contributed by atoms with Gasteiger partial charge in [-0.25, -0.2) is 9.67 Å². The summed E-state index contributed by atoms with van der Waals surface area (Å²) in [6.45, 7) is 13.0. The zero-order chi connectivity index (χ0) is 21.3. The molecule has 0 aromatic carbocycles. The third-order valence-corrected chi connectivity index (χ3v) is 6.13. The summed E-state index contributed by atoms with van der Waals surface area (Å²) in [5.41, 5.74) is 2.64. The molecule has 1 amide bonds. The maximum absolute atomic E-state index is 12.9. The first kappa shape index (κ1) is 21.0. The van der Waals surface area contributed by atoms with Gasteiger partial charge >= 0.3 is 0 Å². The molecule has 2 aromatic heterocycles. The molecule has 0 spiro atoms. The molecule has 0 radical (unpaired) electrons. The summed E-state index contributed by atoms with van der Waals surface area (Å²) in [6.07, 6.45) is 4.41. The average Bonchev–Trinajstić information content (AvgIpc) is 3.05. The number of aromatic nitrogens is 3. The molecule has 0 aliphatic carbocycles. The number of nitrogens with zero attached hydrogens (tertiary/aromatic N) is 5. The van der Waals surface area contributed by atoms with Gasteiger partial charge in [-0.3, -0.25) is 9.69 Å². The minimum Gasteiger partial charge on any atom is -0.373 e. The van der Waals surface area contributed by atoms with Crippen molar-refractivity contribution in [1.29, 1.82) is 0 Å². The standard InChI is InChI=1S/C23H33N5O2/c1-16-11-17(2)28(25-16)22-6-5-21(12-24-22)23(29)27-9-7-20(8-10-27)15-26-13-18(3)30-19(4)14-26/h5-6,11-12,18-20H,7-10,13-15H2,1-4H3. The normalized spacial score (nSPS) is 23.7. The molecule has 4 rings (SSSR count). The fourth-order valence-corrected chi connectivity index (χ4v) is 4.80. The van der Waals surface area contributed by atoms with Crippen LogP contribution >= 0.6 is 0 Å². The first-order valence-corrected chi connectivity index (χ1v) is 11.1. The van der Waals surface area contributed by atoms with Gasteiger partial charge in [-0.15, -0.1) is 0 Å². The number of likely N-dealkylation sites (tertiary alicyclic amines) is 1. The number of rotatable bonds is 4. The van der Waals surface area contributed by atoms with Gasteiger partial charge in [0, 0.05) is 44.6 Å². The maximum atomic E-state index is 12.9. The molecule has 2 atom stereocenters. The van der Waals surface area contributed by atoms with E-state index < -0.39 is 0 Å². The summed E-state index contributed by atoms with van der Waals surface area (Å²) < 4.78 is 7.65. The van der Waals surface area contributed by atoms with Crippen LogP contribution < -0.4 is 0 Å². The molecule has 30 heavy (non-hydrogen) atoms. The Bertz CT molecular complexity index is 860. The molecule has 2 unspecified atom stereocenters. The molecule has 0 N–H and O–H groups in total. The number of carbonyl (C=O) groups excluding carboxylic acids is 1. The largest absolute Gasteiger partial charge is 0.373 e. The van der Waals surface area contributed by atoms with Gasteiger partial charge in [0.25, 0.3) is 5.91 Å². The second kappa shape index (κ2) is 8.86. The minimum absolute atomic E-state index is 0.0782. The van der Waals surface area contributed by atoms with Gasteiger partial charge in [0.15, 0.2) is 5.82 Å². The Balaban J connectivity index is 1.31. The van der Waals surface area contributed by atoms with Crippen LogP contribution in [0.1, 0.15) is 48.4 Å². The second-order valence-electron chi connectivity index (χ2n) is 8.96. The van der Waals surface area contributed by atoms with Gasteiger partial charge < -0.3 is 9.64 Å². The number of hydrogen-bond donors (Lipinski definition) is 0. The highest BCUT2D eigenvalue weighted by Crippen LogP contribution is 2.22. The zero-order valence-electron chi connectivity index (χ0n) is 18.5. The number of hydrogen-bond acceptors (Lipinski definition) is 5. The molecule has 162 valence electrons. The Morgan fingerprint density at radius 1 is 1.13 bits per heavy atom. The molecule has 2 aliphatic rings. The van der Waals surface area contributed by atoms with E-state index in [9.17, 15) is 4.79 Å². The lowest BCUT2D eigenvalue weighted by Crippen LogP contribution is -2.48. The van der Waals surface area contributed by atoms with Crippen molar-refractivity contribution in [2.24, 2.45) is 5.92 Å². The summed E-state index contributed by atoms with van der Waals surface area (Å²) >= 11 is 0. The van der Waals surface area contributed by atoms with E-state index >= 15 is 0 Å². The van der Waals surface area contributed by atoms with E-state index in [2.05, 4.69) is 28.8 Å². The number of amides is 1. The van der Waals surface area contributed by atoms with Crippen LogP contribution in [0.4, 0.5) is 0 Å². The van der Waals surface area contributed by atoms with Crippen LogP contribution in [0.2, 0.25) is 0 Å². The molecule has 7 nitrogen and oxygen atoms in total. The van der Waals surface area contributed by atoms with Gasteiger partial charge in [0.1, 0.15) is 0 Å².